The van der Waals surface area contributed by atoms with Gasteiger partial charge in [0.25, 0.3) is 5.91 Å². The highest BCUT2D eigenvalue weighted by Crippen LogP contribution is 2.21. The first-order valence-corrected chi connectivity index (χ1v) is 7.90. The smallest absolute Gasteiger partial charge is 0.253 e. The molecule has 0 radical (unpaired) electrons. The predicted octanol–water partition coefficient (Wildman–Crippen LogP) is 2.96. The summed E-state index contributed by atoms with van der Waals surface area (Å²) < 4.78 is 15.1. The Morgan fingerprint density at radius 3 is 2.52 bits per heavy atom. The topological polar surface area (TPSA) is 46.1 Å². The van der Waals surface area contributed by atoms with Gasteiger partial charge >= 0.3 is 0 Å². The molecule has 0 aliphatic rings. The summed E-state index contributed by atoms with van der Waals surface area (Å²) in [6.45, 7) is 9.36. The monoisotopic (exact) mass is 317 g/mol. The molecule has 1 aromatic carbocycles. The number of hydrogen-bond acceptors (Lipinski definition) is 2. The van der Waals surface area contributed by atoms with Gasteiger partial charge in [-0.3, -0.25) is 4.79 Å². The molecule has 0 fully saturated rings. The van der Waals surface area contributed by atoms with Crippen molar-refractivity contribution in [2.45, 2.75) is 33.7 Å². The molecule has 1 amide bonds. The van der Waals surface area contributed by atoms with Crippen molar-refractivity contribution in [3.05, 3.63) is 53.1 Å². The average Bonchev–Trinajstić information content (AvgIpc) is 2.81. The third-order valence-corrected chi connectivity index (χ3v) is 3.88. The van der Waals surface area contributed by atoms with Crippen LogP contribution in [0.4, 0.5) is 4.39 Å². The van der Waals surface area contributed by atoms with Gasteiger partial charge in [-0.1, -0.05) is 6.92 Å². The van der Waals surface area contributed by atoms with E-state index in [1.807, 2.05) is 38.3 Å². The number of hydrogen-bond donors (Lipinski definition) is 2. The molecule has 5 heteroatoms. The number of nitrogens with zero attached hydrogens (tertiary/aromatic N) is 1. The highest BCUT2D eigenvalue weighted by Gasteiger charge is 2.17. The molecular weight excluding hydrogens is 293 g/mol. The lowest BCUT2D eigenvalue weighted by molar-refractivity contribution is 0.0949. The number of carbonyl (C=O) groups excluding carboxylic acids is 1. The van der Waals surface area contributed by atoms with Crippen LogP contribution in [0.25, 0.3) is 5.69 Å². The molecule has 0 aliphatic heterocycles. The van der Waals surface area contributed by atoms with E-state index in [1.165, 1.54) is 12.1 Å². The Morgan fingerprint density at radius 1 is 1.26 bits per heavy atom. The summed E-state index contributed by atoms with van der Waals surface area (Å²) in [7, 11) is 0. The third kappa shape index (κ3) is 3.99. The van der Waals surface area contributed by atoms with Crippen molar-refractivity contribution in [1.29, 1.82) is 0 Å². The van der Waals surface area contributed by atoms with E-state index in [0.29, 0.717) is 12.1 Å². The number of rotatable bonds is 6. The molecule has 1 atom stereocenters. The fourth-order valence-corrected chi connectivity index (χ4v) is 2.74. The van der Waals surface area contributed by atoms with E-state index in [-0.39, 0.29) is 17.8 Å². The van der Waals surface area contributed by atoms with Gasteiger partial charge in [-0.2, -0.15) is 0 Å². The lowest BCUT2D eigenvalue weighted by Crippen LogP contribution is -2.38. The second kappa shape index (κ2) is 7.42. The minimum atomic E-state index is -0.272. The molecular formula is C18H24FN3O. The molecule has 0 saturated heterocycles. The van der Waals surface area contributed by atoms with Crippen LogP contribution in [0.2, 0.25) is 0 Å². The molecule has 124 valence electrons. The maximum atomic E-state index is 13.1. The largest absolute Gasteiger partial charge is 0.350 e. The summed E-state index contributed by atoms with van der Waals surface area (Å²) in [4.78, 5) is 12.4. The fourth-order valence-electron chi connectivity index (χ4n) is 2.74. The molecule has 2 rings (SSSR count). The summed E-state index contributed by atoms with van der Waals surface area (Å²) in [6.07, 6.45) is 0. The van der Waals surface area contributed by atoms with Gasteiger partial charge in [-0.05, 0) is 57.6 Å². The van der Waals surface area contributed by atoms with Crippen molar-refractivity contribution in [2.75, 3.05) is 13.1 Å². The van der Waals surface area contributed by atoms with Crippen molar-refractivity contribution in [2.24, 2.45) is 0 Å². The molecule has 0 spiro atoms. The van der Waals surface area contributed by atoms with Gasteiger partial charge in [0, 0.05) is 29.7 Å². The Balaban J connectivity index is 2.20. The van der Waals surface area contributed by atoms with Crippen LogP contribution in [0.5, 0.6) is 0 Å². The lowest BCUT2D eigenvalue weighted by atomic mass is 10.2. The molecule has 1 heterocycles. The Hall–Kier alpha value is -2.14. The van der Waals surface area contributed by atoms with Crippen LogP contribution in [0.15, 0.2) is 30.3 Å². The highest BCUT2D eigenvalue weighted by atomic mass is 19.1. The molecule has 1 aromatic heterocycles. The van der Waals surface area contributed by atoms with E-state index < -0.39 is 0 Å². The quantitative estimate of drug-likeness (QED) is 0.860. The zero-order valence-corrected chi connectivity index (χ0v) is 14.1. The lowest BCUT2D eigenvalue weighted by Gasteiger charge is -2.13. The number of aromatic nitrogens is 1. The molecule has 0 unspecified atom stereocenters. The Bertz CT molecular complexity index is 676. The van der Waals surface area contributed by atoms with Gasteiger partial charge in [0.1, 0.15) is 5.82 Å². The van der Waals surface area contributed by atoms with Gasteiger partial charge in [-0.25, -0.2) is 4.39 Å². The van der Waals surface area contributed by atoms with Crippen LogP contribution in [0.3, 0.4) is 0 Å². The minimum Gasteiger partial charge on any atom is -0.350 e. The van der Waals surface area contributed by atoms with Crippen molar-refractivity contribution in [1.82, 2.24) is 15.2 Å². The second-order valence-corrected chi connectivity index (χ2v) is 5.77. The summed E-state index contributed by atoms with van der Waals surface area (Å²) in [5.41, 5.74) is 3.29. The SMILES string of the molecule is CCN[C@H](C)CNC(=O)c1cc(C)n(-c2ccc(F)cc2)c1C. The van der Waals surface area contributed by atoms with Crippen LogP contribution in [0.1, 0.15) is 35.6 Å². The number of amides is 1. The first-order valence-electron chi connectivity index (χ1n) is 7.90. The zero-order valence-electron chi connectivity index (χ0n) is 14.1. The Labute approximate surface area is 136 Å². The number of halogens is 1. The molecule has 2 N–H and O–H groups in total. The van der Waals surface area contributed by atoms with E-state index in [4.69, 9.17) is 0 Å². The molecule has 23 heavy (non-hydrogen) atoms. The van der Waals surface area contributed by atoms with Gasteiger partial charge < -0.3 is 15.2 Å². The van der Waals surface area contributed by atoms with E-state index in [0.717, 1.165) is 23.6 Å². The highest BCUT2D eigenvalue weighted by molar-refractivity contribution is 5.95. The minimum absolute atomic E-state index is 0.0868. The first kappa shape index (κ1) is 17.2. The molecule has 0 bridgehead atoms. The number of benzene rings is 1. The van der Waals surface area contributed by atoms with Crippen molar-refractivity contribution in [3.63, 3.8) is 0 Å². The third-order valence-electron chi connectivity index (χ3n) is 3.88. The van der Waals surface area contributed by atoms with Gasteiger partial charge in [0.05, 0.1) is 5.56 Å². The summed E-state index contributed by atoms with van der Waals surface area (Å²) in [6, 6.07) is 8.36. The maximum Gasteiger partial charge on any atom is 0.253 e. The van der Waals surface area contributed by atoms with Gasteiger partial charge in [0.2, 0.25) is 0 Å². The average molecular weight is 317 g/mol. The van der Waals surface area contributed by atoms with Crippen molar-refractivity contribution >= 4 is 5.91 Å². The summed E-state index contributed by atoms with van der Waals surface area (Å²) in [5.74, 6) is -0.359. The van der Waals surface area contributed by atoms with Crippen LogP contribution in [-0.2, 0) is 0 Å². The molecule has 0 saturated carbocycles. The van der Waals surface area contributed by atoms with E-state index in [9.17, 15) is 9.18 Å². The van der Waals surface area contributed by atoms with Crippen LogP contribution in [0, 0.1) is 19.7 Å². The molecule has 2 aromatic rings. The molecule has 4 nitrogen and oxygen atoms in total. The Kier molecular flexibility index (Phi) is 5.55. The van der Waals surface area contributed by atoms with Crippen LogP contribution in [-0.4, -0.2) is 29.6 Å². The standard InChI is InChI=1S/C18H24FN3O/c1-5-20-12(2)11-21-18(23)17-10-13(3)22(14(17)4)16-8-6-15(19)7-9-16/h6-10,12,20H,5,11H2,1-4H3,(H,21,23)/t12-/m1/s1. The number of likely N-dealkylation sites (N-methyl/N-ethyl adjacent to an activating group) is 1. The first-order chi connectivity index (χ1) is 10.9. The predicted molar refractivity (Wildman–Crippen MR) is 90.7 cm³/mol. The van der Waals surface area contributed by atoms with Crippen LogP contribution < -0.4 is 10.6 Å². The Morgan fingerprint density at radius 2 is 1.91 bits per heavy atom. The van der Waals surface area contributed by atoms with Gasteiger partial charge in [0.15, 0.2) is 0 Å². The maximum absolute atomic E-state index is 13.1. The van der Waals surface area contributed by atoms with Crippen LogP contribution >= 0.6 is 0 Å². The zero-order chi connectivity index (χ0) is 17.0. The number of aryl methyl sites for hydroxylation is 1. The van der Waals surface area contributed by atoms with E-state index in [1.54, 1.807) is 12.1 Å². The van der Waals surface area contributed by atoms with Gasteiger partial charge in [-0.15, -0.1) is 0 Å². The summed E-state index contributed by atoms with van der Waals surface area (Å²) in [5, 5.41) is 6.21. The summed E-state index contributed by atoms with van der Waals surface area (Å²) >= 11 is 0. The van der Waals surface area contributed by atoms with E-state index >= 15 is 0 Å². The second-order valence-electron chi connectivity index (χ2n) is 5.77. The fraction of sp³-hybridized carbons (Fsp3) is 0.389. The number of nitrogens with one attached hydrogen (secondary N) is 2. The van der Waals surface area contributed by atoms with E-state index in [2.05, 4.69) is 10.6 Å². The van der Waals surface area contributed by atoms with Crippen molar-refractivity contribution < 1.29 is 9.18 Å². The normalized spacial score (nSPS) is 12.2. The van der Waals surface area contributed by atoms with Crippen molar-refractivity contribution in [3.8, 4) is 5.69 Å². The molecule has 0 aliphatic carbocycles. The number of carbonyl (C=O) groups is 1.